The lowest BCUT2D eigenvalue weighted by atomic mass is 10.1. The second kappa shape index (κ2) is 5.16. The van der Waals surface area contributed by atoms with E-state index in [0.29, 0.717) is 12.3 Å². The maximum Gasteiger partial charge on any atom is 0.310 e. The molecule has 1 rings (SSSR count). The standard InChI is InChI=1S/C11H14BrNO2/c1-3-15-10(14)6-8-9(12)5-4-7(2)11(8)13/h4-5H,3,6,13H2,1-2H3. The molecule has 0 aliphatic heterocycles. The number of anilines is 1. The minimum Gasteiger partial charge on any atom is -0.466 e. The molecule has 0 saturated heterocycles. The van der Waals surface area contributed by atoms with Crippen molar-refractivity contribution in [2.24, 2.45) is 0 Å². The fourth-order valence-electron chi connectivity index (χ4n) is 1.29. The summed E-state index contributed by atoms with van der Waals surface area (Å²) in [6.07, 6.45) is 0.210. The Morgan fingerprint density at radius 3 is 2.80 bits per heavy atom. The van der Waals surface area contributed by atoms with Crippen LogP contribution >= 0.6 is 15.9 Å². The van der Waals surface area contributed by atoms with Crippen molar-refractivity contribution in [1.82, 2.24) is 0 Å². The highest BCUT2D eigenvalue weighted by Crippen LogP contribution is 2.26. The fourth-order valence-corrected chi connectivity index (χ4v) is 1.78. The molecule has 4 heteroatoms. The first-order valence-corrected chi connectivity index (χ1v) is 5.54. The molecule has 0 fully saturated rings. The van der Waals surface area contributed by atoms with Crippen molar-refractivity contribution in [3.8, 4) is 0 Å². The number of ether oxygens (including phenoxy) is 1. The van der Waals surface area contributed by atoms with Gasteiger partial charge in [0.15, 0.2) is 0 Å². The van der Waals surface area contributed by atoms with Crippen molar-refractivity contribution in [2.45, 2.75) is 20.3 Å². The summed E-state index contributed by atoms with van der Waals surface area (Å²) in [5.74, 6) is -0.254. The van der Waals surface area contributed by atoms with Crippen molar-refractivity contribution in [3.05, 3.63) is 27.7 Å². The predicted octanol–water partition coefficient (Wildman–Crippen LogP) is 2.45. The molecule has 0 heterocycles. The third-order valence-corrected chi connectivity index (χ3v) is 2.89. The van der Waals surface area contributed by atoms with Crippen molar-refractivity contribution in [3.63, 3.8) is 0 Å². The zero-order valence-electron chi connectivity index (χ0n) is 8.84. The molecule has 0 bridgehead atoms. The summed E-state index contributed by atoms with van der Waals surface area (Å²) in [5, 5.41) is 0. The predicted molar refractivity (Wildman–Crippen MR) is 63.6 cm³/mol. The molecule has 0 saturated carbocycles. The molecule has 2 N–H and O–H groups in total. The molecule has 1 aromatic carbocycles. The molecule has 15 heavy (non-hydrogen) atoms. The van der Waals surface area contributed by atoms with Gasteiger partial charge in [-0.25, -0.2) is 0 Å². The number of hydrogen-bond donors (Lipinski definition) is 1. The van der Waals surface area contributed by atoms with Crippen molar-refractivity contribution in [2.75, 3.05) is 12.3 Å². The van der Waals surface area contributed by atoms with Crippen LogP contribution in [-0.4, -0.2) is 12.6 Å². The van der Waals surface area contributed by atoms with E-state index in [1.165, 1.54) is 0 Å². The third-order valence-electron chi connectivity index (χ3n) is 2.14. The van der Waals surface area contributed by atoms with Crippen LogP contribution in [0.5, 0.6) is 0 Å². The van der Waals surface area contributed by atoms with Gasteiger partial charge in [-0.05, 0) is 25.5 Å². The first kappa shape index (κ1) is 12.0. The first-order chi connectivity index (χ1) is 7.06. The minimum atomic E-state index is -0.254. The summed E-state index contributed by atoms with van der Waals surface area (Å²) in [7, 11) is 0. The number of carbonyl (C=O) groups is 1. The van der Waals surface area contributed by atoms with Gasteiger partial charge < -0.3 is 10.5 Å². The van der Waals surface area contributed by atoms with E-state index < -0.39 is 0 Å². The van der Waals surface area contributed by atoms with E-state index >= 15 is 0 Å². The van der Waals surface area contributed by atoms with Gasteiger partial charge in [-0.3, -0.25) is 4.79 Å². The summed E-state index contributed by atoms with van der Waals surface area (Å²) in [4.78, 5) is 11.3. The molecule has 0 aromatic heterocycles. The van der Waals surface area contributed by atoms with Gasteiger partial charge in [0.1, 0.15) is 0 Å². The van der Waals surface area contributed by atoms with Crippen LogP contribution in [-0.2, 0) is 16.0 Å². The Bertz CT molecular complexity index is 377. The Labute approximate surface area is 97.7 Å². The number of halogens is 1. The second-order valence-corrected chi connectivity index (χ2v) is 4.09. The van der Waals surface area contributed by atoms with Gasteiger partial charge in [0, 0.05) is 15.7 Å². The average molecular weight is 272 g/mol. The van der Waals surface area contributed by atoms with Crippen molar-refractivity contribution in [1.29, 1.82) is 0 Å². The number of benzene rings is 1. The molecule has 1 aromatic rings. The Kier molecular flexibility index (Phi) is 4.15. The van der Waals surface area contributed by atoms with Gasteiger partial charge in [-0.15, -0.1) is 0 Å². The summed E-state index contributed by atoms with van der Waals surface area (Å²) in [6, 6.07) is 3.80. The third kappa shape index (κ3) is 2.96. The Morgan fingerprint density at radius 1 is 1.53 bits per heavy atom. The molecule has 0 spiro atoms. The number of nitrogen functional groups attached to an aromatic ring is 1. The topological polar surface area (TPSA) is 52.3 Å². The van der Waals surface area contributed by atoms with Gasteiger partial charge in [0.2, 0.25) is 0 Å². The lowest BCUT2D eigenvalue weighted by molar-refractivity contribution is -0.142. The van der Waals surface area contributed by atoms with Crippen molar-refractivity contribution >= 4 is 27.6 Å². The maximum absolute atomic E-state index is 11.3. The highest BCUT2D eigenvalue weighted by Gasteiger charge is 2.12. The van der Waals surface area contributed by atoms with Crippen LogP contribution in [0, 0.1) is 6.92 Å². The van der Waals surface area contributed by atoms with E-state index in [9.17, 15) is 4.79 Å². The van der Waals surface area contributed by atoms with E-state index in [2.05, 4.69) is 15.9 Å². The highest BCUT2D eigenvalue weighted by atomic mass is 79.9. The average Bonchev–Trinajstić information content (AvgIpc) is 2.19. The number of aryl methyl sites for hydroxylation is 1. The van der Waals surface area contributed by atoms with Crippen LogP contribution < -0.4 is 5.73 Å². The normalized spacial score (nSPS) is 10.1. The van der Waals surface area contributed by atoms with Gasteiger partial charge in [0.25, 0.3) is 0 Å². The SMILES string of the molecule is CCOC(=O)Cc1c(Br)ccc(C)c1N. The summed E-state index contributed by atoms with van der Waals surface area (Å²) in [6.45, 7) is 4.09. The monoisotopic (exact) mass is 271 g/mol. The zero-order chi connectivity index (χ0) is 11.4. The number of rotatable bonds is 3. The van der Waals surface area contributed by atoms with Gasteiger partial charge in [-0.1, -0.05) is 22.0 Å². The fraction of sp³-hybridized carbons (Fsp3) is 0.364. The molecule has 82 valence electrons. The quantitative estimate of drug-likeness (QED) is 0.679. The molecular formula is C11H14BrNO2. The molecular weight excluding hydrogens is 258 g/mol. The molecule has 0 atom stereocenters. The van der Waals surface area contributed by atoms with E-state index in [0.717, 1.165) is 15.6 Å². The zero-order valence-corrected chi connectivity index (χ0v) is 10.4. The van der Waals surface area contributed by atoms with Gasteiger partial charge in [-0.2, -0.15) is 0 Å². The van der Waals surface area contributed by atoms with Gasteiger partial charge in [0.05, 0.1) is 13.0 Å². The van der Waals surface area contributed by atoms with E-state index in [-0.39, 0.29) is 12.4 Å². The second-order valence-electron chi connectivity index (χ2n) is 3.24. The van der Waals surface area contributed by atoms with Crippen LogP contribution in [0.4, 0.5) is 5.69 Å². The maximum atomic E-state index is 11.3. The molecule has 0 aliphatic carbocycles. The van der Waals surface area contributed by atoms with Crippen LogP contribution in [0.25, 0.3) is 0 Å². The Hall–Kier alpha value is -1.03. The largest absolute Gasteiger partial charge is 0.466 e. The lowest BCUT2D eigenvalue weighted by Gasteiger charge is -2.10. The molecule has 0 unspecified atom stereocenters. The van der Waals surface area contributed by atoms with Crippen LogP contribution in [0.2, 0.25) is 0 Å². The molecule has 0 aliphatic rings. The lowest BCUT2D eigenvalue weighted by Crippen LogP contribution is -2.10. The number of nitrogens with two attached hydrogens (primary N) is 1. The number of esters is 1. The van der Waals surface area contributed by atoms with Crippen LogP contribution in [0.15, 0.2) is 16.6 Å². The summed E-state index contributed by atoms with van der Waals surface area (Å²) < 4.78 is 5.73. The summed E-state index contributed by atoms with van der Waals surface area (Å²) >= 11 is 3.37. The molecule has 3 nitrogen and oxygen atoms in total. The van der Waals surface area contributed by atoms with Crippen molar-refractivity contribution < 1.29 is 9.53 Å². The van der Waals surface area contributed by atoms with Gasteiger partial charge >= 0.3 is 5.97 Å². The first-order valence-electron chi connectivity index (χ1n) is 4.75. The van der Waals surface area contributed by atoms with E-state index in [1.54, 1.807) is 6.92 Å². The Balaban J connectivity index is 2.93. The van der Waals surface area contributed by atoms with Crippen LogP contribution in [0.3, 0.4) is 0 Å². The summed E-state index contributed by atoms with van der Waals surface area (Å²) in [5.41, 5.74) is 8.31. The molecule has 0 radical (unpaired) electrons. The van der Waals surface area contributed by atoms with E-state index in [4.69, 9.17) is 10.5 Å². The number of hydrogen-bond acceptors (Lipinski definition) is 3. The van der Waals surface area contributed by atoms with Crippen LogP contribution in [0.1, 0.15) is 18.1 Å². The minimum absolute atomic E-state index is 0.210. The highest BCUT2D eigenvalue weighted by molar-refractivity contribution is 9.10. The van der Waals surface area contributed by atoms with E-state index in [1.807, 2.05) is 19.1 Å². The smallest absolute Gasteiger partial charge is 0.310 e. The molecule has 0 amide bonds. The number of carbonyl (C=O) groups excluding carboxylic acids is 1. The Morgan fingerprint density at radius 2 is 2.20 bits per heavy atom.